The van der Waals surface area contributed by atoms with Crippen molar-refractivity contribution < 1.29 is 14.4 Å². The largest absolute Gasteiger partial charge is 0.350 e. The summed E-state index contributed by atoms with van der Waals surface area (Å²) >= 11 is 0. The minimum atomic E-state index is -0.356. The number of aromatic nitrogens is 2. The zero-order valence-electron chi connectivity index (χ0n) is 19.2. The summed E-state index contributed by atoms with van der Waals surface area (Å²) in [6.45, 7) is 6.05. The molecule has 8 nitrogen and oxygen atoms in total. The van der Waals surface area contributed by atoms with Gasteiger partial charge in [-0.3, -0.25) is 4.79 Å². The number of amides is 1. The van der Waals surface area contributed by atoms with E-state index in [1.807, 2.05) is 6.92 Å². The second-order valence-corrected chi connectivity index (χ2v) is 9.34. The van der Waals surface area contributed by atoms with Crippen molar-refractivity contribution in [1.82, 2.24) is 20.3 Å². The number of hydrogen-bond donors (Lipinski definition) is 2. The predicted octanol–water partition coefficient (Wildman–Crippen LogP) is 3.44. The standard InChI is InChI=1S/C24H37N5O3/c1-18-20(10-11-22(30)28-32-23-9-5-6-14-31-23)15-25-24(26-18)27-21-12-13-29(17-21)16-19-7-3-2-4-8-19/h10-11,15,19,21,23H,2-9,12-14,16-17H2,1H3,(H,28,30)(H,25,26,27)/t21-,23?/m1/s1. The van der Waals surface area contributed by atoms with Crippen molar-refractivity contribution in [2.24, 2.45) is 5.92 Å². The van der Waals surface area contributed by atoms with Crippen LogP contribution in [0.2, 0.25) is 0 Å². The van der Waals surface area contributed by atoms with Crippen LogP contribution in [0, 0.1) is 12.8 Å². The molecule has 1 aromatic heterocycles. The van der Waals surface area contributed by atoms with Crippen LogP contribution in [-0.2, 0) is 14.4 Å². The van der Waals surface area contributed by atoms with E-state index in [9.17, 15) is 4.79 Å². The Labute approximate surface area is 191 Å². The summed E-state index contributed by atoms with van der Waals surface area (Å²) in [5.74, 6) is 1.21. The normalized spacial score (nSPS) is 25.3. The minimum absolute atomic E-state index is 0.329. The number of likely N-dealkylation sites (tertiary alicyclic amines) is 1. The smallest absolute Gasteiger partial charge is 0.267 e. The number of nitrogens with one attached hydrogen (secondary N) is 2. The Morgan fingerprint density at radius 3 is 2.84 bits per heavy atom. The maximum atomic E-state index is 12.0. The molecule has 0 spiro atoms. The third-order valence-electron chi connectivity index (χ3n) is 6.71. The molecule has 1 aliphatic carbocycles. The number of carbonyl (C=O) groups is 1. The van der Waals surface area contributed by atoms with Crippen LogP contribution in [0.4, 0.5) is 5.95 Å². The van der Waals surface area contributed by atoms with E-state index in [-0.39, 0.29) is 12.2 Å². The molecule has 2 saturated heterocycles. The van der Waals surface area contributed by atoms with Crippen LogP contribution in [0.3, 0.4) is 0 Å². The van der Waals surface area contributed by atoms with Gasteiger partial charge < -0.3 is 15.0 Å². The average Bonchev–Trinajstić information content (AvgIpc) is 3.25. The summed E-state index contributed by atoms with van der Waals surface area (Å²) in [5.41, 5.74) is 4.07. The Balaban J connectivity index is 1.21. The molecule has 1 unspecified atom stereocenters. The molecule has 1 aromatic rings. The minimum Gasteiger partial charge on any atom is -0.350 e. The van der Waals surface area contributed by atoms with Crippen molar-refractivity contribution in [2.45, 2.75) is 77.0 Å². The molecule has 0 radical (unpaired) electrons. The summed E-state index contributed by atoms with van der Waals surface area (Å²) in [7, 11) is 0. The molecule has 0 bridgehead atoms. The van der Waals surface area contributed by atoms with E-state index in [2.05, 4.69) is 25.7 Å². The first kappa shape index (κ1) is 23.1. The Morgan fingerprint density at radius 1 is 1.22 bits per heavy atom. The molecule has 2 atom stereocenters. The van der Waals surface area contributed by atoms with Crippen LogP contribution >= 0.6 is 0 Å². The van der Waals surface area contributed by atoms with Gasteiger partial charge in [0.2, 0.25) is 5.95 Å². The third-order valence-corrected chi connectivity index (χ3v) is 6.71. The SMILES string of the molecule is Cc1nc(N[C@@H]2CCN(CC3CCCCC3)C2)ncc1C=CC(=O)NOC1CCCCO1. The molecule has 3 heterocycles. The van der Waals surface area contributed by atoms with E-state index < -0.39 is 0 Å². The predicted molar refractivity (Wildman–Crippen MR) is 124 cm³/mol. The van der Waals surface area contributed by atoms with Crippen LogP contribution in [0.25, 0.3) is 6.08 Å². The van der Waals surface area contributed by atoms with Crippen LogP contribution in [0.5, 0.6) is 0 Å². The number of hydrogen-bond acceptors (Lipinski definition) is 7. The fraction of sp³-hybridized carbons (Fsp3) is 0.708. The van der Waals surface area contributed by atoms with Crippen molar-refractivity contribution in [3.63, 3.8) is 0 Å². The molecule has 2 aliphatic heterocycles. The first-order chi connectivity index (χ1) is 15.7. The summed E-state index contributed by atoms with van der Waals surface area (Å²) < 4.78 is 5.43. The highest BCUT2D eigenvalue weighted by Gasteiger charge is 2.26. The zero-order valence-corrected chi connectivity index (χ0v) is 19.2. The van der Waals surface area contributed by atoms with Gasteiger partial charge >= 0.3 is 0 Å². The number of ether oxygens (including phenoxy) is 1. The molecule has 1 amide bonds. The number of carbonyl (C=O) groups excluding carboxylic acids is 1. The van der Waals surface area contributed by atoms with E-state index >= 15 is 0 Å². The number of rotatable bonds is 8. The quantitative estimate of drug-likeness (QED) is 0.470. The zero-order chi connectivity index (χ0) is 22.2. The molecule has 1 saturated carbocycles. The first-order valence-electron chi connectivity index (χ1n) is 12.2. The Bertz CT molecular complexity index is 775. The molecule has 3 fully saturated rings. The highest BCUT2D eigenvalue weighted by molar-refractivity contribution is 5.91. The molecule has 3 aliphatic rings. The Morgan fingerprint density at radius 2 is 2.06 bits per heavy atom. The van der Waals surface area contributed by atoms with Gasteiger partial charge in [0.15, 0.2) is 6.29 Å². The lowest BCUT2D eigenvalue weighted by atomic mass is 9.89. The van der Waals surface area contributed by atoms with Gasteiger partial charge in [-0.2, -0.15) is 0 Å². The average molecular weight is 444 g/mol. The van der Waals surface area contributed by atoms with Gasteiger partial charge in [-0.1, -0.05) is 19.3 Å². The summed E-state index contributed by atoms with van der Waals surface area (Å²) in [6, 6.07) is 0.393. The van der Waals surface area contributed by atoms with Gasteiger partial charge in [0.1, 0.15) is 0 Å². The van der Waals surface area contributed by atoms with Gasteiger partial charge in [0.05, 0.1) is 5.69 Å². The maximum absolute atomic E-state index is 12.0. The second-order valence-electron chi connectivity index (χ2n) is 9.34. The van der Waals surface area contributed by atoms with E-state index in [1.165, 1.54) is 44.7 Å². The Hall–Kier alpha value is -2.03. The fourth-order valence-electron chi connectivity index (χ4n) is 4.87. The molecular formula is C24H37N5O3. The second kappa shape index (κ2) is 11.7. The fourth-order valence-corrected chi connectivity index (χ4v) is 4.87. The van der Waals surface area contributed by atoms with Gasteiger partial charge in [-0.15, -0.1) is 0 Å². The van der Waals surface area contributed by atoms with Crippen LogP contribution in [0.1, 0.15) is 69.0 Å². The van der Waals surface area contributed by atoms with Gasteiger partial charge in [0.25, 0.3) is 5.91 Å². The number of aryl methyl sites for hydroxylation is 1. The third kappa shape index (κ3) is 6.98. The molecule has 32 heavy (non-hydrogen) atoms. The molecule has 2 N–H and O–H groups in total. The van der Waals surface area contributed by atoms with Crippen LogP contribution in [-0.4, -0.2) is 59.3 Å². The highest BCUT2D eigenvalue weighted by atomic mass is 16.8. The molecule has 4 rings (SSSR count). The van der Waals surface area contributed by atoms with Crippen molar-refractivity contribution in [2.75, 3.05) is 31.6 Å². The molecule has 8 heteroatoms. The first-order valence-corrected chi connectivity index (χ1v) is 12.2. The summed E-state index contributed by atoms with van der Waals surface area (Å²) in [6.07, 6.45) is 15.6. The lowest BCUT2D eigenvalue weighted by Gasteiger charge is -2.26. The Kier molecular flexibility index (Phi) is 8.48. The van der Waals surface area contributed by atoms with E-state index in [0.717, 1.165) is 55.9 Å². The summed E-state index contributed by atoms with van der Waals surface area (Å²) in [5, 5.41) is 3.50. The number of anilines is 1. The topological polar surface area (TPSA) is 88.6 Å². The molecule has 0 aromatic carbocycles. The maximum Gasteiger partial charge on any atom is 0.267 e. The molecule has 176 valence electrons. The van der Waals surface area contributed by atoms with E-state index in [1.54, 1.807) is 12.3 Å². The van der Waals surface area contributed by atoms with Gasteiger partial charge in [-0.25, -0.2) is 20.3 Å². The number of nitrogens with zero attached hydrogens (tertiary/aromatic N) is 3. The van der Waals surface area contributed by atoms with Gasteiger partial charge in [0, 0.05) is 56.5 Å². The van der Waals surface area contributed by atoms with Crippen molar-refractivity contribution >= 4 is 17.9 Å². The van der Waals surface area contributed by atoms with E-state index in [0.29, 0.717) is 18.6 Å². The summed E-state index contributed by atoms with van der Waals surface area (Å²) in [4.78, 5) is 29.0. The molecular weight excluding hydrogens is 406 g/mol. The lowest BCUT2D eigenvalue weighted by Crippen LogP contribution is -2.32. The monoisotopic (exact) mass is 443 g/mol. The van der Waals surface area contributed by atoms with Crippen LogP contribution in [0.15, 0.2) is 12.3 Å². The van der Waals surface area contributed by atoms with Gasteiger partial charge in [-0.05, 0) is 51.0 Å². The van der Waals surface area contributed by atoms with Crippen LogP contribution < -0.4 is 10.8 Å². The van der Waals surface area contributed by atoms with E-state index in [4.69, 9.17) is 9.57 Å². The van der Waals surface area contributed by atoms with Crippen molar-refractivity contribution in [3.05, 3.63) is 23.5 Å². The van der Waals surface area contributed by atoms with Crippen molar-refractivity contribution in [1.29, 1.82) is 0 Å². The number of hydroxylamine groups is 1. The van der Waals surface area contributed by atoms with Crippen molar-refractivity contribution in [3.8, 4) is 0 Å². The highest BCUT2D eigenvalue weighted by Crippen LogP contribution is 2.26. The lowest BCUT2D eigenvalue weighted by molar-refractivity contribution is -0.198.